The van der Waals surface area contributed by atoms with E-state index in [9.17, 15) is 9.90 Å². The molecule has 1 aliphatic heterocycles. The number of aliphatic hydroxyl groups excluding tert-OH is 2. The summed E-state index contributed by atoms with van der Waals surface area (Å²) in [5.74, 6) is 5.86. The Bertz CT molecular complexity index is 531. The van der Waals surface area contributed by atoms with Crippen molar-refractivity contribution < 1.29 is 15.0 Å². The Morgan fingerprint density at radius 3 is 2.52 bits per heavy atom. The predicted octanol–water partition coefficient (Wildman–Crippen LogP) is 1.41. The first-order valence-corrected chi connectivity index (χ1v) is 7.30. The minimum Gasteiger partial charge on any atom is -0.393 e. The molecular formula is C17H21NO3. The Kier molecular flexibility index (Phi) is 5.38. The van der Waals surface area contributed by atoms with Crippen LogP contribution in [-0.2, 0) is 0 Å². The number of aliphatic hydroxyl groups is 2. The number of carbonyl (C=O) groups is 1. The van der Waals surface area contributed by atoms with Crippen LogP contribution < -0.4 is 0 Å². The smallest absolute Gasteiger partial charge is 0.253 e. The second-order valence-corrected chi connectivity index (χ2v) is 5.46. The largest absolute Gasteiger partial charge is 0.393 e. The van der Waals surface area contributed by atoms with Crippen LogP contribution in [0.15, 0.2) is 24.3 Å². The van der Waals surface area contributed by atoms with Crippen LogP contribution in [0, 0.1) is 11.8 Å². The van der Waals surface area contributed by atoms with Gasteiger partial charge in [0.25, 0.3) is 5.91 Å². The van der Waals surface area contributed by atoms with Gasteiger partial charge in [-0.05, 0) is 44.0 Å². The van der Waals surface area contributed by atoms with Crippen molar-refractivity contribution in [1.29, 1.82) is 0 Å². The van der Waals surface area contributed by atoms with Gasteiger partial charge in [-0.25, -0.2) is 0 Å². The number of carbonyl (C=O) groups excluding carboxylic acids is 1. The van der Waals surface area contributed by atoms with Crippen molar-refractivity contribution in [1.82, 2.24) is 4.90 Å². The normalized spacial score (nSPS) is 17.0. The first-order valence-electron chi connectivity index (χ1n) is 7.30. The molecule has 1 atom stereocenters. The number of amides is 1. The van der Waals surface area contributed by atoms with E-state index in [1.165, 1.54) is 0 Å². The third-order valence-corrected chi connectivity index (χ3v) is 3.51. The molecule has 4 heteroatoms. The van der Waals surface area contributed by atoms with Crippen molar-refractivity contribution >= 4 is 5.91 Å². The summed E-state index contributed by atoms with van der Waals surface area (Å²) in [6.07, 6.45) is 1.04. The zero-order valence-electron chi connectivity index (χ0n) is 12.2. The van der Waals surface area contributed by atoms with Crippen LogP contribution in [0.25, 0.3) is 0 Å². The van der Waals surface area contributed by atoms with E-state index in [1.807, 2.05) is 12.1 Å². The Balaban J connectivity index is 1.98. The minimum atomic E-state index is -0.423. The van der Waals surface area contributed by atoms with E-state index in [0.717, 1.165) is 5.56 Å². The predicted molar refractivity (Wildman–Crippen MR) is 80.8 cm³/mol. The number of piperidine rings is 1. The second-order valence-electron chi connectivity index (χ2n) is 5.46. The van der Waals surface area contributed by atoms with Crippen LogP contribution in [-0.4, -0.2) is 46.3 Å². The fraction of sp³-hybridized carbons (Fsp3) is 0.471. The van der Waals surface area contributed by atoms with Gasteiger partial charge in [0.2, 0.25) is 0 Å². The maximum Gasteiger partial charge on any atom is 0.253 e. The lowest BCUT2D eigenvalue weighted by Crippen LogP contribution is -2.40. The van der Waals surface area contributed by atoms with Gasteiger partial charge in [-0.3, -0.25) is 4.79 Å². The number of rotatable bonds is 2. The zero-order valence-corrected chi connectivity index (χ0v) is 12.2. The number of nitrogens with zero attached hydrogens (tertiary/aromatic N) is 1. The Hall–Kier alpha value is -1.83. The van der Waals surface area contributed by atoms with E-state index >= 15 is 0 Å². The van der Waals surface area contributed by atoms with Crippen LogP contribution in [0.3, 0.4) is 0 Å². The molecule has 1 saturated heterocycles. The molecule has 1 aromatic carbocycles. The van der Waals surface area contributed by atoms with E-state index in [0.29, 0.717) is 37.9 Å². The van der Waals surface area contributed by atoms with Crippen LogP contribution in [0.2, 0.25) is 0 Å². The molecule has 0 aromatic heterocycles. The molecule has 1 aromatic rings. The van der Waals surface area contributed by atoms with Gasteiger partial charge in [0.1, 0.15) is 0 Å². The van der Waals surface area contributed by atoms with Gasteiger partial charge < -0.3 is 15.1 Å². The van der Waals surface area contributed by atoms with Crippen molar-refractivity contribution in [2.24, 2.45) is 0 Å². The van der Waals surface area contributed by atoms with Gasteiger partial charge in [0, 0.05) is 30.6 Å². The summed E-state index contributed by atoms with van der Waals surface area (Å²) in [7, 11) is 0. The molecule has 112 valence electrons. The molecule has 1 heterocycles. The van der Waals surface area contributed by atoms with Gasteiger partial charge >= 0.3 is 0 Å². The van der Waals surface area contributed by atoms with Crippen molar-refractivity contribution in [3.8, 4) is 11.8 Å². The van der Waals surface area contributed by atoms with Gasteiger partial charge in [-0.1, -0.05) is 11.8 Å². The molecule has 0 saturated carbocycles. The summed E-state index contributed by atoms with van der Waals surface area (Å²) in [6.45, 7) is 2.91. The average molecular weight is 287 g/mol. The van der Waals surface area contributed by atoms with Crippen molar-refractivity contribution in [3.63, 3.8) is 0 Å². The first kappa shape index (κ1) is 15.6. The van der Waals surface area contributed by atoms with E-state index in [4.69, 9.17) is 5.11 Å². The summed E-state index contributed by atoms with van der Waals surface area (Å²) in [6, 6.07) is 7.20. The number of likely N-dealkylation sites (tertiary alicyclic amines) is 1. The molecule has 1 amide bonds. The molecule has 1 fully saturated rings. The fourth-order valence-electron chi connectivity index (χ4n) is 2.25. The van der Waals surface area contributed by atoms with Crippen LogP contribution in [0.5, 0.6) is 0 Å². The zero-order chi connectivity index (χ0) is 15.2. The molecule has 21 heavy (non-hydrogen) atoms. The summed E-state index contributed by atoms with van der Waals surface area (Å²) < 4.78 is 0. The van der Waals surface area contributed by atoms with Crippen LogP contribution in [0.4, 0.5) is 0 Å². The molecule has 0 aliphatic carbocycles. The van der Waals surface area contributed by atoms with Crippen molar-refractivity contribution in [2.45, 2.75) is 38.4 Å². The minimum absolute atomic E-state index is 0.00499. The van der Waals surface area contributed by atoms with E-state index in [2.05, 4.69) is 11.8 Å². The van der Waals surface area contributed by atoms with E-state index in [1.54, 1.807) is 24.0 Å². The highest BCUT2D eigenvalue weighted by Crippen LogP contribution is 2.14. The van der Waals surface area contributed by atoms with Crippen molar-refractivity contribution in [3.05, 3.63) is 35.4 Å². The van der Waals surface area contributed by atoms with E-state index < -0.39 is 6.10 Å². The molecule has 0 spiro atoms. The monoisotopic (exact) mass is 287 g/mol. The summed E-state index contributed by atoms with van der Waals surface area (Å²) in [4.78, 5) is 14.1. The highest BCUT2D eigenvalue weighted by atomic mass is 16.3. The summed E-state index contributed by atoms with van der Waals surface area (Å²) >= 11 is 0. The third kappa shape index (κ3) is 4.59. The Morgan fingerprint density at radius 1 is 1.33 bits per heavy atom. The highest BCUT2D eigenvalue weighted by molar-refractivity contribution is 5.94. The molecule has 1 unspecified atom stereocenters. The molecule has 2 rings (SSSR count). The Labute approximate surface area is 125 Å². The molecule has 2 N–H and O–H groups in total. The maximum atomic E-state index is 12.3. The molecule has 1 aliphatic rings. The van der Waals surface area contributed by atoms with Crippen LogP contribution in [0.1, 0.15) is 42.1 Å². The van der Waals surface area contributed by atoms with Gasteiger partial charge in [0.05, 0.1) is 12.2 Å². The maximum absolute atomic E-state index is 12.3. The number of benzene rings is 1. The van der Waals surface area contributed by atoms with Crippen LogP contribution >= 0.6 is 0 Å². The quantitative estimate of drug-likeness (QED) is 0.808. The highest BCUT2D eigenvalue weighted by Gasteiger charge is 2.21. The molecule has 0 radical (unpaired) electrons. The SMILES string of the molecule is CC(O)CC#Cc1ccc(C(=O)N2CCC(O)CC2)cc1. The van der Waals surface area contributed by atoms with Crippen molar-refractivity contribution in [2.75, 3.05) is 13.1 Å². The lowest BCUT2D eigenvalue weighted by molar-refractivity contribution is 0.0546. The second kappa shape index (κ2) is 7.26. The number of hydrogen-bond acceptors (Lipinski definition) is 3. The lowest BCUT2D eigenvalue weighted by atomic mass is 10.1. The molecule has 0 bridgehead atoms. The van der Waals surface area contributed by atoms with Gasteiger partial charge in [-0.2, -0.15) is 0 Å². The molecule has 4 nitrogen and oxygen atoms in total. The third-order valence-electron chi connectivity index (χ3n) is 3.51. The fourth-order valence-corrected chi connectivity index (χ4v) is 2.25. The van der Waals surface area contributed by atoms with E-state index in [-0.39, 0.29) is 12.0 Å². The summed E-state index contributed by atoms with van der Waals surface area (Å²) in [5.41, 5.74) is 1.48. The number of hydrogen-bond donors (Lipinski definition) is 2. The lowest BCUT2D eigenvalue weighted by Gasteiger charge is -2.29. The first-order chi connectivity index (χ1) is 10.1. The summed E-state index contributed by atoms with van der Waals surface area (Å²) in [5, 5.41) is 18.6. The standard InChI is InChI=1S/C17H21NO3/c1-13(19)3-2-4-14-5-7-15(8-6-14)17(21)18-11-9-16(20)10-12-18/h5-8,13,16,19-20H,3,9-12H2,1H3. The molecular weight excluding hydrogens is 266 g/mol. The topological polar surface area (TPSA) is 60.8 Å². The van der Waals surface area contributed by atoms with Gasteiger partial charge in [0.15, 0.2) is 0 Å². The average Bonchev–Trinajstić information content (AvgIpc) is 2.48. The van der Waals surface area contributed by atoms with Gasteiger partial charge in [-0.15, -0.1) is 0 Å². The Morgan fingerprint density at radius 2 is 1.95 bits per heavy atom.